The third-order valence-corrected chi connectivity index (χ3v) is 5.52. The van der Waals surface area contributed by atoms with Crippen molar-refractivity contribution in [2.24, 2.45) is 0 Å². The minimum Gasteiger partial charge on any atom is -0.391 e. The molecule has 9 heteroatoms. The summed E-state index contributed by atoms with van der Waals surface area (Å²) in [5.41, 5.74) is 0.748. The van der Waals surface area contributed by atoms with Crippen molar-refractivity contribution < 1.29 is 22.7 Å². The zero-order chi connectivity index (χ0) is 19.5. The molecule has 0 fully saturated rings. The standard InChI is InChI=1S/C17H18BrFN2O4S/c1-10-3-6-13(7-4-10)26(24,25)21-16(11(2)22)17(23)20-15-8-5-12(18)9-14(15)19/h3-9,11,16,21-22H,1-2H3,(H,20,23). The van der Waals surface area contributed by atoms with E-state index in [1.54, 1.807) is 12.1 Å². The summed E-state index contributed by atoms with van der Waals surface area (Å²) < 4.78 is 41.4. The number of halogens is 2. The maximum atomic E-state index is 13.9. The Bertz CT molecular complexity index is 901. The van der Waals surface area contributed by atoms with Crippen LogP contribution in [0.2, 0.25) is 0 Å². The van der Waals surface area contributed by atoms with Crippen LogP contribution in [0.5, 0.6) is 0 Å². The Balaban J connectivity index is 2.22. The molecule has 26 heavy (non-hydrogen) atoms. The van der Waals surface area contributed by atoms with Gasteiger partial charge in [-0.3, -0.25) is 4.79 Å². The molecule has 3 N–H and O–H groups in total. The second-order valence-corrected chi connectivity index (χ2v) is 8.40. The Kier molecular flexibility index (Phi) is 6.51. The molecule has 0 heterocycles. The predicted molar refractivity (Wildman–Crippen MR) is 99.7 cm³/mol. The third-order valence-electron chi connectivity index (χ3n) is 3.57. The lowest BCUT2D eigenvalue weighted by Gasteiger charge is -2.21. The number of aliphatic hydroxyl groups is 1. The topological polar surface area (TPSA) is 95.5 Å². The van der Waals surface area contributed by atoms with Gasteiger partial charge in [-0.2, -0.15) is 4.72 Å². The summed E-state index contributed by atoms with van der Waals surface area (Å²) in [6.07, 6.45) is -1.34. The molecule has 0 aliphatic carbocycles. The van der Waals surface area contributed by atoms with E-state index in [1.165, 1.54) is 31.2 Å². The molecule has 2 rings (SSSR count). The van der Waals surface area contributed by atoms with Crippen LogP contribution in [0.15, 0.2) is 51.8 Å². The number of carbonyl (C=O) groups excluding carboxylic acids is 1. The molecule has 0 radical (unpaired) electrons. The van der Waals surface area contributed by atoms with E-state index < -0.39 is 33.9 Å². The van der Waals surface area contributed by atoms with Crippen molar-refractivity contribution in [2.45, 2.75) is 30.9 Å². The zero-order valence-electron chi connectivity index (χ0n) is 14.0. The van der Waals surface area contributed by atoms with Gasteiger partial charge in [-0.15, -0.1) is 0 Å². The van der Waals surface area contributed by atoms with Crippen molar-refractivity contribution in [3.63, 3.8) is 0 Å². The van der Waals surface area contributed by atoms with Crippen LogP contribution in [-0.2, 0) is 14.8 Å². The van der Waals surface area contributed by atoms with Gasteiger partial charge in [0, 0.05) is 4.47 Å². The Morgan fingerprint density at radius 1 is 1.19 bits per heavy atom. The number of rotatable bonds is 6. The molecule has 0 spiro atoms. The molecule has 0 saturated carbocycles. The van der Waals surface area contributed by atoms with Crippen LogP contribution in [0.1, 0.15) is 12.5 Å². The SMILES string of the molecule is Cc1ccc(S(=O)(=O)NC(C(=O)Nc2ccc(Br)cc2F)C(C)O)cc1. The van der Waals surface area contributed by atoms with Crippen LogP contribution in [0.4, 0.5) is 10.1 Å². The minimum absolute atomic E-state index is 0.0450. The highest BCUT2D eigenvalue weighted by Crippen LogP contribution is 2.20. The molecule has 6 nitrogen and oxygen atoms in total. The van der Waals surface area contributed by atoms with Crippen LogP contribution in [0, 0.1) is 12.7 Å². The van der Waals surface area contributed by atoms with E-state index in [4.69, 9.17) is 0 Å². The number of aliphatic hydroxyl groups excluding tert-OH is 1. The maximum absolute atomic E-state index is 13.9. The first-order valence-electron chi connectivity index (χ1n) is 7.63. The van der Waals surface area contributed by atoms with E-state index in [9.17, 15) is 22.7 Å². The van der Waals surface area contributed by atoms with E-state index >= 15 is 0 Å². The van der Waals surface area contributed by atoms with E-state index in [2.05, 4.69) is 26.0 Å². The zero-order valence-corrected chi connectivity index (χ0v) is 16.4. The van der Waals surface area contributed by atoms with Crippen molar-refractivity contribution in [2.75, 3.05) is 5.32 Å². The molecule has 2 aromatic rings. The van der Waals surface area contributed by atoms with Crippen molar-refractivity contribution in [3.8, 4) is 0 Å². The molecule has 2 atom stereocenters. The molecule has 0 aromatic heterocycles. The number of benzene rings is 2. The molecule has 2 aromatic carbocycles. The second-order valence-electron chi connectivity index (χ2n) is 5.77. The Morgan fingerprint density at radius 2 is 1.81 bits per heavy atom. The first kappa shape index (κ1) is 20.5. The van der Waals surface area contributed by atoms with Gasteiger partial charge in [0.1, 0.15) is 11.9 Å². The van der Waals surface area contributed by atoms with E-state index in [0.717, 1.165) is 11.6 Å². The first-order chi connectivity index (χ1) is 12.1. The molecular weight excluding hydrogens is 427 g/mol. The summed E-state index contributed by atoms with van der Waals surface area (Å²) in [4.78, 5) is 12.3. The Hall–Kier alpha value is -1.81. The van der Waals surface area contributed by atoms with Gasteiger partial charge in [-0.25, -0.2) is 12.8 Å². The minimum atomic E-state index is -4.05. The van der Waals surface area contributed by atoms with Gasteiger partial charge in [0.25, 0.3) is 0 Å². The molecule has 1 amide bonds. The molecule has 0 bridgehead atoms. The summed E-state index contributed by atoms with van der Waals surface area (Å²) in [7, 11) is -4.05. The van der Waals surface area contributed by atoms with Gasteiger partial charge in [-0.1, -0.05) is 33.6 Å². The predicted octanol–water partition coefficient (Wildman–Crippen LogP) is 2.56. The maximum Gasteiger partial charge on any atom is 0.245 e. The van der Waals surface area contributed by atoms with Crippen LogP contribution >= 0.6 is 15.9 Å². The fourth-order valence-electron chi connectivity index (χ4n) is 2.13. The number of amides is 1. The average molecular weight is 445 g/mol. The van der Waals surface area contributed by atoms with Gasteiger partial charge >= 0.3 is 0 Å². The molecular formula is C17H18BrFN2O4S. The Morgan fingerprint density at radius 3 is 2.35 bits per heavy atom. The van der Waals surface area contributed by atoms with Crippen LogP contribution in [0.25, 0.3) is 0 Å². The number of carbonyl (C=O) groups is 1. The summed E-state index contributed by atoms with van der Waals surface area (Å²) in [6, 6.07) is 8.52. The lowest BCUT2D eigenvalue weighted by atomic mass is 10.2. The van der Waals surface area contributed by atoms with Gasteiger partial charge in [0.2, 0.25) is 15.9 Å². The van der Waals surface area contributed by atoms with Crippen LogP contribution in [-0.4, -0.2) is 31.6 Å². The number of hydrogen-bond acceptors (Lipinski definition) is 4. The molecule has 0 saturated heterocycles. The summed E-state index contributed by atoms with van der Waals surface area (Å²) >= 11 is 3.10. The second kappa shape index (κ2) is 8.26. The quantitative estimate of drug-likeness (QED) is 0.637. The smallest absolute Gasteiger partial charge is 0.245 e. The summed E-state index contributed by atoms with van der Waals surface area (Å²) in [6.45, 7) is 3.07. The summed E-state index contributed by atoms with van der Waals surface area (Å²) in [5, 5.41) is 12.1. The number of anilines is 1. The normalized spacial score (nSPS) is 13.9. The molecule has 140 valence electrons. The largest absolute Gasteiger partial charge is 0.391 e. The van der Waals surface area contributed by atoms with Gasteiger partial charge in [-0.05, 0) is 44.2 Å². The monoisotopic (exact) mass is 444 g/mol. The molecule has 2 unspecified atom stereocenters. The van der Waals surface area contributed by atoms with E-state index in [0.29, 0.717) is 4.47 Å². The third kappa shape index (κ3) is 5.10. The first-order valence-corrected chi connectivity index (χ1v) is 9.91. The highest BCUT2D eigenvalue weighted by molar-refractivity contribution is 9.10. The highest BCUT2D eigenvalue weighted by atomic mass is 79.9. The van der Waals surface area contributed by atoms with Gasteiger partial charge < -0.3 is 10.4 Å². The highest BCUT2D eigenvalue weighted by Gasteiger charge is 2.30. The lowest BCUT2D eigenvalue weighted by Crippen LogP contribution is -2.50. The van der Waals surface area contributed by atoms with Gasteiger partial charge in [0.05, 0.1) is 16.7 Å². The fraction of sp³-hybridized carbons (Fsp3) is 0.235. The van der Waals surface area contributed by atoms with Crippen molar-refractivity contribution in [1.82, 2.24) is 4.72 Å². The van der Waals surface area contributed by atoms with E-state index in [1.807, 2.05) is 6.92 Å². The summed E-state index contributed by atoms with van der Waals surface area (Å²) in [5.74, 6) is -1.57. The van der Waals surface area contributed by atoms with E-state index in [-0.39, 0.29) is 10.6 Å². The number of aryl methyl sites for hydroxylation is 1. The lowest BCUT2D eigenvalue weighted by molar-refractivity contribution is -0.119. The van der Waals surface area contributed by atoms with Gasteiger partial charge in [0.15, 0.2) is 0 Å². The van der Waals surface area contributed by atoms with Crippen molar-refractivity contribution >= 4 is 37.5 Å². The van der Waals surface area contributed by atoms with Crippen LogP contribution < -0.4 is 10.0 Å². The Labute approximate surface area is 159 Å². The van der Waals surface area contributed by atoms with Crippen LogP contribution in [0.3, 0.4) is 0 Å². The number of nitrogens with one attached hydrogen (secondary N) is 2. The average Bonchev–Trinajstić information content (AvgIpc) is 2.55. The molecule has 0 aliphatic rings. The fourth-order valence-corrected chi connectivity index (χ4v) is 3.73. The van der Waals surface area contributed by atoms with Crippen molar-refractivity contribution in [3.05, 3.63) is 58.3 Å². The van der Waals surface area contributed by atoms with Crippen molar-refractivity contribution in [1.29, 1.82) is 0 Å². The number of hydrogen-bond donors (Lipinski definition) is 3. The number of sulfonamides is 1. The molecule has 0 aliphatic heterocycles.